The number of nitrogens with one attached hydrogen (secondary N) is 2. The van der Waals surface area contributed by atoms with Crippen molar-refractivity contribution in [2.45, 2.75) is 6.92 Å². The summed E-state index contributed by atoms with van der Waals surface area (Å²) >= 11 is 0. The zero-order valence-corrected chi connectivity index (χ0v) is 9.19. The predicted octanol–water partition coefficient (Wildman–Crippen LogP) is -1.31. The fourth-order valence-corrected chi connectivity index (χ4v) is 1.16. The summed E-state index contributed by atoms with van der Waals surface area (Å²) in [6, 6.07) is 0. The average Bonchev–Trinajstić information content (AvgIpc) is 2.07. The Morgan fingerprint density at radius 1 is 1.36 bits per heavy atom. The summed E-state index contributed by atoms with van der Waals surface area (Å²) in [6.45, 7) is 2.73. The van der Waals surface area contributed by atoms with Crippen LogP contribution in [-0.4, -0.2) is 46.9 Å². The third-order valence-electron chi connectivity index (χ3n) is 1.25. The Morgan fingerprint density at radius 3 is 2.50 bits per heavy atom. The molecular formula is C7H16N2O4S. The Balaban J connectivity index is 3.41. The zero-order chi connectivity index (χ0) is 11.0. The molecule has 0 heterocycles. The van der Waals surface area contributed by atoms with Crippen molar-refractivity contribution in [1.82, 2.24) is 10.0 Å². The van der Waals surface area contributed by atoms with Crippen molar-refractivity contribution in [2.24, 2.45) is 0 Å². The van der Waals surface area contributed by atoms with Gasteiger partial charge in [0.15, 0.2) is 0 Å². The molecule has 0 bridgehead atoms. The number of rotatable bonds is 7. The van der Waals surface area contributed by atoms with Crippen LogP contribution in [0.25, 0.3) is 0 Å². The number of amides is 1. The first-order valence-corrected chi connectivity index (χ1v) is 6.14. The largest absolute Gasteiger partial charge is 0.372 e. The van der Waals surface area contributed by atoms with Crippen molar-refractivity contribution in [3.8, 4) is 0 Å². The molecule has 0 rings (SSSR count). The van der Waals surface area contributed by atoms with E-state index in [1.165, 1.54) is 0 Å². The van der Waals surface area contributed by atoms with Crippen molar-refractivity contribution in [2.75, 3.05) is 32.6 Å². The SMILES string of the molecule is CCOCC(=O)NCCNS(C)(=O)=O. The fraction of sp³-hybridized carbons (Fsp3) is 0.857. The molecule has 0 aromatic rings. The van der Waals surface area contributed by atoms with Gasteiger partial charge in [-0.25, -0.2) is 13.1 Å². The van der Waals surface area contributed by atoms with Gasteiger partial charge in [-0.2, -0.15) is 0 Å². The lowest BCUT2D eigenvalue weighted by Gasteiger charge is -2.05. The second-order valence-corrected chi connectivity index (χ2v) is 4.49. The first-order valence-electron chi connectivity index (χ1n) is 4.24. The maximum absolute atomic E-state index is 10.9. The van der Waals surface area contributed by atoms with Crippen LogP contribution in [0.1, 0.15) is 6.92 Å². The highest BCUT2D eigenvalue weighted by Gasteiger charge is 2.01. The van der Waals surface area contributed by atoms with Crippen LogP contribution in [0.4, 0.5) is 0 Å². The van der Waals surface area contributed by atoms with E-state index in [2.05, 4.69) is 10.0 Å². The molecule has 84 valence electrons. The summed E-state index contributed by atoms with van der Waals surface area (Å²) in [7, 11) is -3.17. The van der Waals surface area contributed by atoms with Crippen LogP contribution in [0.2, 0.25) is 0 Å². The van der Waals surface area contributed by atoms with Gasteiger partial charge in [-0.15, -0.1) is 0 Å². The van der Waals surface area contributed by atoms with Crippen molar-refractivity contribution in [3.05, 3.63) is 0 Å². The van der Waals surface area contributed by atoms with E-state index in [0.717, 1.165) is 6.26 Å². The molecule has 0 aromatic carbocycles. The normalized spacial score (nSPS) is 11.3. The fourth-order valence-electron chi connectivity index (χ4n) is 0.684. The van der Waals surface area contributed by atoms with E-state index in [0.29, 0.717) is 6.61 Å². The number of hydrogen-bond acceptors (Lipinski definition) is 4. The van der Waals surface area contributed by atoms with Crippen molar-refractivity contribution >= 4 is 15.9 Å². The highest BCUT2D eigenvalue weighted by Crippen LogP contribution is 1.74. The van der Waals surface area contributed by atoms with Crippen LogP contribution in [-0.2, 0) is 19.6 Å². The van der Waals surface area contributed by atoms with Gasteiger partial charge in [-0.3, -0.25) is 4.79 Å². The first-order chi connectivity index (χ1) is 6.45. The van der Waals surface area contributed by atoms with Gasteiger partial charge in [-0.05, 0) is 6.92 Å². The molecule has 0 aromatic heterocycles. The lowest BCUT2D eigenvalue weighted by molar-refractivity contribution is -0.125. The Labute approximate surface area is 84.1 Å². The van der Waals surface area contributed by atoms with Crippen LogP contribution in [0, 0.1) is 0 Å². The molecule has 0 aliphatic heterocycles. The highest BCUT2D eigenvalue weighted by atomic mass is 32.2. The van der Waals surface area contributed by atoms with Crippen molar-refractivity contribution in [1.29, 1.82) is 0 Å². The molecule has 1 amide bonds. The lowest BCUT2D eigenvalue weighted by Crippen LogP contribution is -2.35. The standard InChI is InChI=1S/C7H16N2O4S/c1-3-13-6-7(10)8-4-5-9-14(2,11)12/h9H,3-6H2,1-2H3,(H,8,10). The molecule has 6 nitrogen and oxygen atoms in total. The quantitative estimate of drug-likeness (QED) is 0.526. The van der Waals surface area contributed by atoms with E-state index in [4.69, 9.17) is 4.74 Å². The van der Waals surface area contributed by atoms with Gasteiger partial charge in [0.1, 0.15) is 6.61 Å². The summed E-state index contributed by atoms with van der Waals surface area (Å²) in [5.41, 5.74) is 0. The third kappa shape index (κ3) is 9.43. The lowest BCUT2D eigenvalue weighted by atomic mass is 10.5. The molecule has 0 fully saturated rings. The summed E-state index contributed by atoms with van der Waals surface area (Å²) in [5.74, 6) is -0.248. The Morgan fingerprint density at radius 2 is 2.00 bits per heavy atom. The van der Waals surface area contributed by atoms with Gasteiger partial charge in [0, 0.05) is 19.7 Å². The van der Waals surface area contributed by atoms with Crippen molar-refractivity contribution < 1.29 is 17.9 Å². The number of hydrogen-bond donors (Lipinski definition) is 2. The average molecular weight is 224 g/mol. The molecule has 2 N–H and O–H groups in total. The third-order valence-corrected chi connectivity index (χ3v) is 1.98. The molecular weight excluding hydrogens is 208 g/mol. The smallest absolute Gasteiger partial charge is 0.246 e. The predicted molar refractivity (Wildman–Crippen MR) is 52.3 cm³/mol. The summed E-state index contributed by atoms with van der Waals surface area (Å²) < 4.78 is 28.3. The van der Waals surface area contributed by atoms with Crippen LogP contribution in [0.15, 0.2) is 0 Å². The van der Waals surface area contributed by atoms with Gasteiger partial charge < -0.3 is 10.1 Å². The molecule has 0 atom stereocenters. The van der Waals surface area contributed by atoms with Gasteiger partial charge in [0.05, 0.1) is 6.26 Å². The minimum absolute atomic E-state index is 0.00930. The van der Waals surface area contributed by atoms with E-state index < -0.39 is 10.0 Å². The van der Waals surface area contributed by atoms with Crippen LogP contribution in [0.5, 0.6) is 0 Å². The number of sulfonamides is 1. The molecule has 7 heteroatoms. The number of ether oxygens (including phenoxy) is 1. The van der Waals surface area contributed by atoms with E-state index in [1.54, 1.807) is 6.92 Å². The minimum Gasteiger partial charge on any atom is -0.372 e. The highest BCUT2D eigenvalue weighted by molar-refractivity contribution is 7.88. The van der Waals surface area contributed by atoms with E-state index >= 15 is 0 Å². The van der Waals surface area contributed by atoms with Crippen molar-refractivity contribution in [3.63, 3.8) is 0 Å². The molecule has 14 heavy (non-hydrogen) atoms. The summed E-state index contributed by atoms with van der Waals surface area (Å²) in [5, 5.41) is 2.50. The topological polar surface area (TPSA) is 84.5 Å². The summed E-state index contributed by atoms with van der Waals surface area (Å²) in [6.07, 6.45) is 1.06. The molecule has 0 saturated heterocycles. The molecule has 0 aliphatic carbocycles. The summed E-state index contributed by atoms with van der Waals surface area (Å²) in [4.78, 5) is 10.9. The second-order valence-electron chi connectivity index (χ2n) is 2.65. The Hall–Kier alpha value is -0.660. The zero-order valence-electron chi connectivity index (χ0n) is 8.37. The van der Waals surface area contributed by atoms with Gasteiger partial charge in [0.25, 0.3) is 0 Å². The molecule has 0 aliphatic rings. The first kappa shape index (κ1) is 13.3. The van der Waals surface area contributed by atoms with Gasteiger partial charge in [-0.1, -0.05) is 0 Å². The van der Waals surface area contributed by atoms with Crippen LogP contribution < -0.4 is 10.0 Å². The monoisotopic (exact) mass is 224 g/mol. The maximum Gasteiger partial charge on any atom is 0.246 e. The van der Waals surface area contributed by atoms with Crippen LogP contribution in [0.3, 0.4) is 0 Å². The molecule has 0 radical (unpaired) electrons. The van der Waals surface area contributed by atoms with E-state index in [9.17, 15) is 13.2 Å². The second kappa shape index (κ2) is 6.74. The molecule has 0 saturated carbocycles. The van der Waals surface area contributed by atoms with Crippen LogP contribution >= 0.6 is 0 Å². The molecule has 0 unspecified atom stereocenters. The molecule has 0 spiro atoms. The minimum atomic E-state index is -3.17. The number of carbonyl (C=O) groups is 1. The van der Waals surface area contributed by atoms with E-state index in [-0.39, 0.29) is 25.6 Å². The van der Waals surface area contributed by atoms with E-state index in [1.807, 2.05) is 0 Å². The Bertz CT molecular complexity index is 263. The van der Waals surface area contributed by atoms with Gasteiger partial charge >= 0.3 is 0 Å². The maximum atomic E-state index is 10.9. The van der Waals surface area contributed by atoms with Gasteiger partial charge in [0.2, 0.25) is 15.9 Å². The Kier molecular flexibility index (Phi) is 6.43. The number of carbonyl (C=O) groups excluding carboxylic acids is 1.